The van der Waals surface area contributed by atoms with Crippen LogP contribution in [0.1, 0.15) is 80.6 Å². The van der Waals surface area contributed by atoms with Gasteiger partial charge in [0.15, 0.2) is 5.76 Å². The van der Waals surface area contributed by atoms with Crippen molar-refractivity contribution in [3.63, 3.8) is 0 Å². The summed E-state index contributed by atoms with van der Waals surface area (Å²) < 4.78 is 13.9. The molecule has 2 aliphatic rings. The molecule has 4 atom stereocenters. The number of aromatic nitrogens is 5. The van der Waals surface area contributed by atoms with E-state index < -0.39 is 18.1 Å². The number of rotatable bonds is 13. The van der Waals surface area contributed by atoms with Crippen LogP contribution in [0.5, 0.6) is 11.6 Å². The summed E-state index contributed by atoms with van der Waals surface area (Å²) in [6.45, 7) is 10.7. The Hall–Kier alpha value is -5.64. The zero-order valence-electron chi connectivity index (χ0n) is 34.6. The molecule has 0 bridgehead atoms. The number of carbonyl (C=O) groups excluding carboxylic acids is 2. The number of hydrogen-bond acceptors (Lipinski definition) is 12. The highest BCUT2D eigenvalue weighted by Crippen LogP contribution is 2.36. The Labute approximate surface area is 353 Å². The summed E-state index contributed by atoms with van der Waals surface area (Å²) in [6.07, 6.45) is 1.30. The van der Waals surface area contributed by atoms with E-state index in [4.69, 9.17) is 9.26 Å². The van der Waals surface area contributed by atoms with E-state index in [0.717, 1.165) is 58.7 Å². The van der Waals surface area contributed by atoms with Crippen molar-refractivity contribution in [1.29, 1.82) is 0 Å². The van der Waals surface area contributed by atoms with Crippen molar-refractivity contribution >= 4 is 34.2 Å². The number of thiazole rings is 1. The first-order valence-electron chi connectivity index (χ1n) is 20.7. The molecule has 2 unspecified atom stereocenters. The molecule has 14 nitrogen and oxygen atoms in total. The van der Waals surface area contributed by atoms with Gasteiger partial charge in [-0.3, -0.25) is 14.5 Å². The summed E-state index contributed by atoms with van der Waals surface area (Å²) in [5.74, 6) is -0.269. The number of aliphatic hydroxyl groups is 1. The third-order valence-electron chi connectivity index (χ3n) is 12.1. The average molecular weight is 833 g/mol. The number of amides is 2. The fourth-order valence-corrected chi connectivity index (χ4v) is 9.50. The van der Waals surface area contributed by atoms with Gasteiger partial charge in [-0.05, 0) is 86.2 Å². The number of nitrogens with zero attached hydrogens (tertiary/aromatic N) is 7. The number of hydrogen-bond donors (Lipinski definition) is 3. The van der Waals surface area contributed by atoms with Gasteiger partial charge in [0, 0.05) is 49.8 Å². The van der Waals surface area contributed by atoms with Gasteiger partial charge in [-0.15, -0.1) is 21.5 Å². The minimum Gasteiger partial charge on any atom is -0.507 e. The predicted molar refractivity (Wildman–Crippen MR) is 229 cm³/mol. The summed E-state index contributed by atoms with van der Waals surface area (Å²) in [7, 11) is 2.06. The first-order chi connectivity index (χ1) is 28.9. The lowest BCUT2D eigenvalue weighted by molar-refractivity contribution is -0.141. The first-order valence-corrected chi connectivity index (χ1v) is 21.6. The molecule has 60 heavy (non-hydrogen) atoms. The average Bonchev–Trinajstić information content (AvgIpc) is 4.05. The van der Waals surface area contributed by atoms with Gasteiger partial charge in [-0.2, -0.15) is 0 Å². The smallest absolute Gasteiger partial charge is 0.254 e. The SMILES string of the molecule is Cc1ncsc1-c1ccc(C(C)NC(=O)[C@@H]2C[C@@H](O)CN2C(=O)C(c2cc(OCCN3CCC(c4cc5nnc(-c6ccccc6O)cc5n4C)CC3)no2)C(C)C)cc1. The summed E-state index contributed by atoms with van der Waals surface area (Å²) in [6, 6.07) is 19.9. The molecule has 4 aromatic heterocycles. The van der Waals surface area contributed by atoms with Gasteiger partial charge in [0.1, 0.15) is 29.8 Å². The van der Waals surface area contributed by atoms with E-state index in [1.54, 1.807) is 29.5 Å². The third-order valence-corrected chi connectivity index (χ3v) is 13.0. The number of aliphatic hydroxyl groups excluding tert-OH is 1. The molecule has 2 aliphatic heterocycles. The summed E-state index contributed by atoms with van der Waals surface area (Å²) in [5.41, 5.74) is 9.16. The van der Waals surface area contributed by atoms with Crippen LogP contribution in [-0.2, 0) is 16.6 Å². The van der Waals surface area contributed by atoms with Crippen LogP contribution in [0.25, 0.3) is 32.7 Å². The van der Waals surface area contributed by atoms with E-state index in [2.05, 4.69) is 48.2 Å². The summed E-state index contributed by atoms with van der Waals surface area (Å²) in [4.78, 5) is 37.2. The third kappa shape index (κ3) is 8.51. The number of para-hydroxylation sites is 1. The van der Waals surface area contributed by atoms with Crippen LogP contribution in [0.3, 0.4) is 0 Å². The lowest BCUT2D eigenvalue weighted by atomic mass is 9.91. The lowest BCUT2D eigenvalue weighted by Crippen LogP contribution is -2.48. The first kappa shape index (κ1) is 41.1. The molecular weight excluding hydrogens is 781 g/mol. The van der Waals surface area contributed by atoms with E-state index >= 15 is 0 Å². The van der Waals surface area contributed by atoms with E-state index in [-0.39, 0.29) is 42.5 Å². The molecule has 0 spiro atoms. The number of likely N-dealkylation sites (tertiary alicyclic amines) is 2. The molecule has 314 valence electrons. The van der Waals surface area contributed by atoms with Crippen molar-refractivity contribution in [3.8, 4) is 33.3 Å². The zero-order chi connectivity index (χ0) is 42.1. The zero-order valence-corrected chi connectivity index (χ0v) is 35.4. The van der Waals surface area contributed by atoms with Crippen LogP contribution >= 0.6 is 11.3 Å². The van der Waals surface area contributed by atoms with Gasteiger partial charge in [0.05, 0.1) is 39.4 Å². The Morgan fingerprint density at radius 3 is 2.52 bits per heavy atom. The van der Waals surface area contributed by atoms with Crippen LogP contribution in [-0.4, -0.2) is 102 Å². The number of aryl methyl sites for hydroxylation is 2. The highest BCUT2D eigenvalue weighted by Gasteiger charge is 2.43. The van der Waals surface area contributed by atoms with Crippen molar-refractivity contribution < 1.29 is 29.1 Å². The van der Waals surface area contributed by atoms with Gasteiger partial charge in [0.2, 0.25) is 11.8 Å². The molecule has 2 fully saturated rings. The van der Waals surface area contributed by atoms with Crippen molar-refractivity contribution in [3.05, 3.63) is 95.0 Å². The van der Waals surface area contributed by atoms with E-state index in [0.29, 0.717) is 42.0 Å². The van der Waals surface area contributed by atoms with Crippen LogP contribution in [0.4, 0.5) is 0 Å². The van der Waals surface area contributed by atoms with E-state index in [9.17, 15) is 19.8 Å². The maximum atomic E-state index is 14.2. The largest absolute Gasteiger partial charge is 0.507 e. The van der Waals surface area contributed by atoms with Gasteiger partial charge in [-0.1, -0.05) is 50.2 Å². The predicted octanol–water partition coefficient (Wildman–Crippen LogP) is 6.60. The summed E-state index contributed by atoms with van der Waals surface area (Å²) >= 11 is 1.59. The van der Waals surface area contributed by atoms with E-state index in [1.807, 2.05) is 75.7 Å². The number of β-amino-alcohol motifs (C(OH)–C–C–N with tert-alkyl or cyclic N) is 1. The normalized spacial score (nSPS) is 18.6. The molecule has 2 saturated heterocycles. The van der Waals surface area contributed by atoms with Crippen molar-refractivity contribution in [2.75, 3.05) is 32.8 Å². The Morgan fingerprint density at radius 1 is 1.03 bits per heavy atom. The second-order valence-corrected chi connectivity index (χ2v) is 17.3. The number of ether oxygens (including phenoxy) is 1. The Balaban J connectivity index is 0.839. The van der Waals surface area contributed by atoms with Gasteiger partial charge >= 0.3 is 0 Å². The number of nitrogens with one attached hydrogen (secondary N) is 1. The quantitative estimate of drug-likeness (QED) is 0.115. The van der Waals surface area contributed by atoms with E-state index in [1.165, 1.54) is 10.6 Å². The molecule has 2 aromatic carbocycles. The van der Waals surface area contributed by atoms with Crippen LogP contribution in [0, 0.1) is 12.8 Å². The Bertz CT molecular complexity index is 2450. The second-order valence-electron chi connectivity index (χ2n) is 16.4. The lowest BCUT2D eigenvalue weighted by Gasteiger charge is -2.32. The number of benzene rings is 2. The fourth-order valence-electron chi connectivity index (χ4n) is 8.69. The molecule has 8 rings (SSSR count). The van der Waals surface area contributed by atoms with Gasteiger partial charge in [-0.25, -0.2) is 4.98 Å². The molecule has 15 heteroatoms. The number of phenolic OH excluding ortho intramolecular Hbond substituents is 1. The maximum absolute atomic E-state index is 14.2. The van der Waals surface area contributed by atoms with Crippen LogP contribution < -0.4 is 10.1 Å². The summed E-state index contributed by atoms with van der Waals surface area (Å²) in [5, 5.41) is 37.1. The number of fused-ring (bicyclic) bond motifs is 1. The minimum absolute atomic E-state index is 0.0563. The molecule has 3 N–H and O–H groups in total. The standard InChI is InChI=1S/C45H52N8O6S/c1-26(2)42(45(57)53-24-32(54)20-38(53)44(56)47-27(3)29-10-12-31(13-11-29)43-28(4)46-25-60-43)40-23-41(50-59-40)58-19-18-52-16-14-30(15-17-52)36-22-35-37(51(36)5)21-34(48-49-35)33-8-6-7-9-39(33)55/h6-13,21-23,25-27,30,32,38,42,54-55H,14-20,24H2,1-5H3,(H,47,56)/t27?,32-,38+,42?/m1/s1. The Morgan fingerprint density at radius 2 is 1.80 bits per heavy atom. The van der Waals surface area contributed by atoms with Crippen molar-refractivity contribution in [2.24, 2.45) is 13.0 Å². The molecule has 6 heterocycles. The van der Waals surface area contributed by atoms with Crippen LogP contribution in [0.2, 0.25) is 0 Å². The fraction of sp³-hybridized carbons (Fsp3) is 0.422. The number of piperidine rings is 1. The molecule has 6 aromatic rings. The number of phenols is 1. The highest BCUT2D eigenvalue weighted by atomic mass is 32.1. The molecule has 0 saturated carbocycles. The molecule has 2 amide bonds. The molecule has 0 aliphatic carbocycles. The second kappa shape index (κ2) is 17.5. The van der Waals surface area contributed by atoms with Crippen molar-refractivity contribution in [1.82, 2.24) is 40.0 Å². The Kier molecular flexibility index (Phi) is 12.0. The number of carbonyl (C=O) groups is 2. The minimum atomic E-state index is -0.824. The van der Waals surface area contributed by atoms with Gasteiger partial charge < -0.3 is 34.3 Å². The van der Waals surface area contributed by atoms with Gasteiger partial charge in [0.25, 0.3) is 5.88 Å². The van der Waals surface area contributed by atoms with Crippen molar-refractivity contribution in [2.45, 2.75) is 77.0 Å². The number of aromatic hydroxyl groups is 1. The molecular formula is C45H52N8O6S. The maximum Gasteiger partial charge on any atom is 0.254 e. The topological polar surface area (TPSA) is 172 Å². The highest BCUT2D eigenvalue weighted by molar-refractivity contribution is 7.13. The monoisotopic (exact) mass is 832 g/mol. The van der Waals surface area contributed by atoms with Crippen LogP contribution in [0.15, 0.2) is 76.8 Å². The molecule has 0 radical (unpaired) electrons.